The fourth-order valence-corrected chi connectivity index (χ4v) is 3.41. The molecule has 0 fully saturated rings. The molecule has 0 radical (unpaired) electrons. The fourth-order valence-electron chi connectivity index (χ4n) is 3.41. The number of nitrogens with one attached hydrogen (secondary N) is 1. The van der Waals surface area contributed by atoms with E-state index in [1.54, 1.807) is 0 Å². The molecule has 1 amide bonds. The van der Waals surface area contributed by atoms with Crippen molar-refractivity contribution >= 4 is 11.6 Å². The SMILES string of the molecule is Cc1cccc(-c2nc(C(C)C)no2)c1NC(=O)Cc1ccc(-c2ccccc2)cc1. The van der Waals surface area contributed by atoms with E-state index >= 15 is 0 Å². The lowest BCUT2D eigenvalue weighted by molar-refractivity contribution is -0.115. The molecule has 3 aromatic carbocycles. The number of hydrogen-bond acceptors (Lipinski definition) is 4. The van der Waals surface area contributed by atoms with Crippen LogP contribution in [-0.4, -0.2) is 16.0 Å². The van der Waals surface area contributed by atoms with Gasteiger partial charge in [0.15, 0.2) is 5.82 Å². The van der Waals surface area contributed by atoms with Gasteiger partial charge in [0.1, 0.15) is 0 Å². The molecule has 1 N–H and O–H groups in total. The van der Waals surface area contributed by atoms with Crippen LogP contribution in [0.2, 0.25) is 0 Å². The van der Waals surface area contributed by atoms with Crippen LogP contribution in [0.4, 0.5) is 5.69 Å². The Morgan fingerprint density at radius 2 is 1.65 bits per heavy atom. The van der Waals surface area contributed by atoms with Crippen molar-refractivity contribution in [3.63, 3.8) is 0 Å². The second-order valence-electron chi connectivity index (χ2n) is 7.90. The highest BCUT2D eigenvalue weighted by molar-refractivity contribution is 5.96. The van der Waals surface area contributed by atoms with Crippen LogP contribution in [0, 0.1) is 6.92 Å². The van der Waals surface area contributed by atoms with E-state index in [9.17, 15) is 4.79 Å². The lowest BCUT2D eigenvalue weighted by atomic mass is 10.0. The number of benzene rings is 3. The van der Waals surface area contributed by atoms with Crippen LogP contribution in [0.5, 0.6) is 0 Å². The summed E-state index contributed by atoms with van der Waals surface area (Å²) >= 11 is 0. The van der Waals surface area contributed by atoms with E-state index in [1.807, 2.05) is 81.4 Å². The first-order chi connectivity index (χ1) is 15.0. The largest absolute Gasteiger partial charge is 0.334 e. The average molecular weight is 412 g/mol. The minimum absolute atomic E-state index is 0.0911. The number of aromatic nitrogens is 2. The van der Waals surface area contributed by atoms with Gasteiger partial charge in [0.25, 0.3) is 5.89 Å². The van der Waals surface area contributed by atoms with Crippen LogP contribution >= 0.6 is 0 Å². The van der Waals surface area contributed by atoms with Crippen LogP contribution in [0.15, 0.2) is 77.3 Å². The van der Waals surface area contributed by atoms with Gasteiger partial charge in [-0.15, -0.1) is 0 Å². The number of carbonyl (C=O) groups is 1. The molecule has 0 saturated carbocycles. The second kappa shape index (κ2) is 8.96. The van der Waals surface area contributed by atoms with Gasteiger partial charge in [-0.1, -0.05) is 85.7 Å². The first kappa shape index (κ1) is 20.5. The molecule has 0 aliphatic heterocycles. The Bertz CT molecular complexity index is 1180. The Balaban J connectivity index is 1.51. The molecule has 0 unspecified atom stereocenters. The van der Waals surface area contributed by atoms with Crippen molar-refractivity contribution in [2.45, 2.75) is 33.1 Å². The van der Waals surface area contributed by atoms with Gasteiger partial charge in [-0.2, -0.15) is 4.98 Å². The standard InChI is InChI=1S/C26H25N3O2/c1-17(2)25-28-26(31-29-25)22-11-7-8-18(3)24(22)27-23(30)16-19-12-14-21(15-13-19)20-9-5-4-6-10-20/h4-15,17H,16H2,1-3H3,(H,27,30). The first-order valence-electron chi connectivity index (χ1n) is 10.4. The van der Waals surface area contributed by atoms with E-state index in [0.29, 0.717) is 17.4 Å². The van der Waals surface area contributed by atoms with Gasteiger partial charge in [0, 0.05) is 5.92 Å². The van der Waals surface area contributed by atoms with Gasteiger partial charge in [-0.25, -0.2) is 0 Å². The van der Waals surface area contributed by atoms with Crippen molar-refractivity contribution in [3.8, 4) is 22.6 Å². The summed E-state index contributed by atoms with van der Waals surface area (Å²) in [6.45, 7) is 5.97. The third kappa shape index (κ3) is 4.72. The molecule has 156 valence electrons. The summed E-state index contributed by atoms with van der Waals surface area (Å²) in [6.07, 6.45) is 0.282. The summed E-state index contributed by atoms with van der Waals surface area (Å²) in [4.78, 5) is 17.3. The van der Waals surface area contributed by atoms with Crippen molar-refractivity contribution in [1.29, 1.82) is 0 Å². The fraction of sp³-hybridized carbons (Fsp3) is 0.192. The maximum atomic E-state index is 12.8. The third-order valence-corrected chi connectivity index (χ3v) is 5.15. The summed E-state index contributed by atoms with van der Waals surface area (Å²) < 4.78 is 5.45. The molecule has 0 saturated heterocycles. The normalized spacial score (nSPS) is 11.0. The predicted octanol–water partition coefficient (Wildman–Crippen LogP) is 6.02. The summed E-state index contributed by atoms with van der Waals surface area (Å²) in [6, 6.07) is 24.0. The first-order valence-corrected chi connectivity index (χ1v) is 10.4. The summed E-state index contributed by atoms with van der Waals surface area (Å²) in [5, 5.41) is 7.09. The monoisotopic (exact) mass is 411 g/mol. The lowest BCUT2D eigenvalue weighted by Crippen LogP contribution is -2.16. The minimum Gasteiger partial charge on any atom is -0.334 e. The van der Waals surface area contributed by atoms with E-state index in [1.165, 1.54) is 0 Å². The van der Waals surface area contributed by atoms with Crippen LogP contribution < -0.4 is 5.32 Å². The van der Waals surface area contributed by atoms with Gasteiger partial charge in [-0.3, -0.25) is 4.79 Å². The van der Waals surface area contributed by atoms with Crippen LogP contribution in [0.1, 0.15) is 36.7 Å². The van der Waals surface area contributed by atoms with E-state index in [0.717, 1.165) is 27.8 Å². The van der Waals surface area contributed by atoms with E-state index in [2.05, 4.69) is 27.6 Å². The predicted molar refractivity (Wildman–Crippen MR) is 123 cm³/mol. The highest BCUT2D eigenvalue weighted by atomic mass is 16.5. The summed E-state index contributed by atoms with van der Waals surface area (Å²) in [5.41, 5.74) is 5.60. The maximum Gasteiger partial charge on any atom is 0.260 e. The zero-order chi connectivity index (χ0) is 21.8. The zero-order valence-corrected chi connectivity index (χ0v) is 17.9. The number of para-hydroxylation sites is 1. The quantitative estimate of drug-likeness (QED) is 0.421. The Morgan fingerprint density at radius 3 is 2.32 bits per heavy atom. The summed E-state index contributed by atoms with van der Waals surface area (Å²) in [7, 11) is 0. The molecule has 0 bridgehead atoms. The van der Waals surface area contributed by atoms with E-state index in [4.69, 9.17) is 4.52 Å². The Labute approximate surface area is 182 Å². The van der Waals surface area contributed by atoms with Crippen molar-refractivity contribution < 1.29 is 9.32 Å². The van der Waals surface area contributed by atoms with Gasteiger partial charge < -0.3 is 9.84 Å². The van der Waals surface area contributed by atoms with Crippen molar-refractivity contribution in [2.75, 3.05) is 5.32 Å². The van der Waals surface area contributed by atoms with Crippen molar-refractivity contribution in [2.24, 2.45) is 0 Å². The smallest absolute Gasteiger partial charge is 0.260 e. The second-order valence-corrected chi connectivity index (χ2v) is 7.90. The van der Waals surface area contributed by atoms with Crippen LogP contribution in [0.25, 0.3) is 22.6 Å². The number of amides is 1. The lowest BCUT2D eigenvalue weighted by Gasteiger charge is -2.12. The van der Waals surface area contributed by atoms with Gasteiger partial charge >= 0.3 is 0 Å². The summed E-state index contributed by atoms with van der Waals surface area (Å²) in [5.74, 6) is 1.13. The zero-order valence-electron chi connectivity index (χ0n) is 17.9. The maximum absolute atomic E-state index is 12.8. The number of anilines is 1. The molecule has 4 rings (SSSR count). The highest BCUT2D eigenvalue weighted by Gasteiger charge is 2.17. The molecule has 1 heterocycles. The number of nitrogens with zero attached hydrogens (tertiary/aromatic N) is 2. The van der Waals surface area contributed by atoms with E-state index in [-0.39, 0.29) is 18.2 Å². The minimum atomic E-state index is -0.0911. The molecule has 0 spiro atoms. The molecule has 31 heavy (non-hydrogen) atoms. The molecular formula is C26H25N3O2. The molecular weight excluding hydrogens is 386 g/mol. The molecule has 0 atom stereocenters. The number of aryl methyl sites for hydroxylation is 1. The molecule has 0 aliphatic carbocycles. The third-order valence-electron chi connectivity index (χ3n) is 5.15. The van der Waals surface area contributed by atoms with Crippen LogP contribution in [-0.2, 0) is 11.2 Å². The average Bonchev–Trinajstić information content (AvgIpc) is 3.27. The topological polar surface area (TPSA) is 68.0 Å². The molecule has 5 heteroatoms. The molecule has 1 aromatic heterocycles. The molecule has 4 aromatic rings. The number of hydrogen-bond donors (Lipinski definition) is 1. The highest BCUT2D eigenvalue weighted by Crippen LogP contribution is 2.30. The van der Waals surface area contributed by atoms with Gasteiger partial charge in [0.05, 0.1) is 17.7 Å². The molecule has 5 nitrogen and oxygen atoms in total. The Kier molecular flexibility index (Phi) is 5.94. The van der Waals surface area contributed by atoms with Gasteiger partial charge in [-0.05, 0) is 35.2 Å². The van der Waals surface area contributed by atoms with E-state index < -0.39 is 0 Å². The van der Waals surface area contributed by atoms with Crippen molar-refractivity contribution in [1.82, 2.24) is 10.1 Å². The Morgan fingerprint density at radius 1 is 0.935 bits per heavy atom. The Hall–Kier alpha value is -3.73. The number of rotatable bonds is 6. The van der Waals surface area contributed by atoms with Crippen molar-refractivity contribution in [3.05, 3.63) is 89.7 Å². The van der Waals surface area contributed by atoms with Gasteiger partial charge in [0.2, 0.25) is 5.91 Å². The number of carbonyl (C=O) groups excluding carboxylic acids is 1. The van der Waals surface area contributed by atoms with Crippen LogP contribution in [0.3, 0.4) is 0 Å². The molecule has 0 aliphatic rings.